The molecule has 2 aliphatic rings. The zero-order chi connectivity index (χ0) is 11.4. The minimum absolute atomic E-state index is 0.357. The topological polar surface area (TPSA) is 24.5 Å². The fourth-order valence-corrected chi connectivity index (χ4v) is 3.04. The summed E-state index contributed by atoms with van der Waals surface area (Å²) >= 11 is 0. The Bertz CT molecular complexity index is 210. The maximum Gasteiger partial charge on any atom is 0.0621 e. The van der Waals surface area contributed by atoms with Crippen molar-refractivity contribution in [2.24, 2.45) is 0 Å². The van der Waals surface area contributed by atoms with E-state index in [9.17, 15) is 0 Å². The molecule has 0 aromatic carbocycles. The highest BCUT2D eigenvalue weighted by Gasteiger charge is 2.34. The molecule has 1 unspecified atom stereocenters. The number of nitrogens with zero attached hydrogens (tertiary/aromatic N) is 1. The Labute approximate surface area is 99.5 Å². The fraction of sp³-hybridized carbons (Fsp3) is 1.00. The van der Waals surface area contributed by atoms with E-state index in [0.717, 1.165) is 19.8 Å². The van der Waals surface area contributed by atoms with Gasteiger partial charge >= 0.3 is 0 Å². The number of nitrogens with one attached hydrogen (secondary N) is 1. The smallest absolute Gasteiger partial charge is 0.0621 e. The van der Waals surface area contributed by atoms with Crippen molar-refractivity contribution in [3.63, 3.8) is 0 Å². The fourth-order valence-electron chi connectivity index (χ4n) is 3.04. The minimum Gasteiger partial charge on any atom is -0.380 e. The Hall–Kier alpha value is -0.120. The van der Waals surface area contributed by atoms with Gasteiger partial charge in [-0.25, -0.2) is 0 Å². The molecule has 1 atom stereocenters. The highest BCUT2D eigenvalue weighted by molar-refractivity contribution is 4.94. The van der Waals surface area contributed by atoms with Crippen LogP contribution in [0.4, 0.5) is 0 Å². The summed E-state index contributed by atoms with van der Waals surface area (Å²) in [5.41, 5.74) is 0.357. The van der Waals surface area contributed by atoms with E-state index in [1.807, 2.05) is 0 Å². The number of hydrogen-bond donors (Lipinski definition) is 1. The van der Waals surface area contributed by atoms with Gasteiger partial charge in [0.1, 0.15) is 0 Å². The first-order valence-electron chi connectivity index (χ1n) is 6.86. The van der Waals surface area contributed by atoms with Crippen molar-refractivity contribution in [2.75, 3.05) is 32.8 Å². The van der Waals surface area contributed by atoms with Crippen LogP contribution in [0.3, 0.4) is 0 Å². The second-order valence-corrected chi connectivity index (χ2v) is 5.26. The third-order valence-electron chi connectivity index (χ3n) is 4.41. The number of ether oxygens (including phenoxy) is 1. The van der Waals surface area contributed by atoms with E-state index in [1.54, 1.807) is 0 Å². The molecule has 0 bridgehead atoms. The molecule has 0 aromatic rings. The quantitative estimate of drug-likeness (QED) is 0.791. The maximum atomic E-state index is 5.61. The van der Waals surface area contributed by atoms with Gasteiger partial charge in [0, 0.05) is 37.8 Å². The normalized spacial score (nSPS) is 31.5. The third-order valence-corrected chi connectivity index (χ3v) is 4.41. The van der Waals surface area contributed by atoms with E-state index in [-0.39, 0.29) is 0 Å². The molecular weight excluding hydrogens is 200 g/mol. The van der Waals surface area contributed by atoms with E-state index in [4.69, 9.17) is 4.74 Å². The van der Waals surface area contributed by atoms with E-state index in [0.29, 0.717) is 11.6 Å². The standard InChI is InChI=1S/C13H26N2O/c1-3-13(4-2)11-15(8-7-14-13)12-6-5-9-16-10-12/h12,14H,3-11H2,1-2H3. The molecule has 0 spiro atoms. The van der Waals surface area contributed by atoms with Gasteiger partial charge in [-0.15, -0.1) is 0 Å². The van der Waals surface area contributed by atoms with Crippen LogP contribution < -0.4 is 5.32 Å². The Morgan fingerprint density at radius 2 is 2.19 bits per heavy atom. The molecule has 0 amide bonds. The average Bonchev–Trinajstić information content (AvgIpc) is 2.40. The summed E-state index contributed by atoms with van der Waals surface area (Å²) in [7, 11) is 0. The molecule has 0 aliphatic carbocycles. The van der Waals surface area contributed by atoms with Crippen LogP contribution in [0, 0.1) is 0 Å². The molecule has 0 radical (unpaired) electrons. The van der Waals surface area contributed by atoms with Crippen molar-refractivity contribution in [1.29, 1.82) is 0 Å². The van der Waals surface area contributed by atoms with Gasteiger partial charge in [-0.2, -0.15) is 0 Å². The SMILES string of the molecule is CCC1(CC)CN(C2CCCOC2)CCN1. The average molecular weight is 226 g/mol. The van der Waals surface area contributed by atoms with E-state index >= 15 is 0 Å². The number of piperazine rings is 1. The van der Waals surface area contributed by atoms with Crippen molar-refractivity contribution >= 4 is 0 Å². The van der Waals surface area contributed by atoms with Crippen molar-refractivity contribution in [2.45, 2.75) is 51.1 Å². The molecule has 1 N–H and O–H groups in total. The zero-order valence-corrected chi connectivity index (χ0v) is 10.8. The van der Waals surface area contributed by atoms with Crippen LogP contribution in [0.15, 0.2) is 0 Å². The predicted molar refractivity (Wildman–Crippen MR) is 66.7 cm³/mol. The maximum absolute atomic E-state index is 5.61. The molecular formula is C13H26N2O. The Morgan fingerprint density at radius 3 is 2.81 bits per heavy atom. The summed E-state index contributed by atoms with van der Waals surface area (Å²) in [5, 5.41) is 3.72. The summed E-state index contributed by atoms with van der Waals surface area (Å²) < 4.78 is 5.61. The van der Waals surface area contributed by atoms with Crippen molar-refractivity contribution < 1.29 is 4.74 Å². The Kier molecular flexibility index (Phi) is 4.22. The third kappa shape index (κ3) is 2.58. The molecule has 0 saturated carbocycles. The molecule has 0 aromatic heterocycles. The lowest BCUT2D eigenvalue weighted by molar-refractivity contribution is -0.00689. The number of rotatable bonds is 3. The van der Waals surface area contributed by atoms with Crippen LogP contribution in [0.2, 0.25) is 0 Å². The van der Waals surface area contributed by atoms with Crippen molar-refractivity contribution in [1.82, 2.24) is 10.2 Å². The monoisotopic (exact) mass is 226 g/mol. The van der Waals surface area contributed by atoms with Gasteiger partial charge in [0.15, 0.2) is 0 Å². The molecule has 2 aliphatic heterocycles. The van der Waals surface area contributed by atoms with E-state index in [2.05, 4.69) is 24.1 Å². The van der Waals surface area contributed by atoms with Gasteiger partial charge in [0.25, 0.3) is 0 Å². The first-order valence-corrected chi connectivity index (χ1v) is 6.86. The van der Waals surface area contributed by atoms with Gasteiger partial charge in [0.05, 0.1) is 6.61 Å². The van der Waals surface area contributed by atoms with Gasteiger partial charge in [0.2, 0.25) is 0 Å². The van der Waals surface area contributed by atoms with Crippen LogP contribution >= 0.6 is 0 Å². The van der Waals surface area contributed by atoms with E-state index < -0.39 is 0 Å². The van der Waals surface area contributed by atoms with Gasteiger partial charge in [-0.3, -0.25) is 4.90 Å². The molecule has 3 nitrogen and oxygen atoms in total. The lowest BCUT2D eigenvalue weighted by Crippen LogP contribution is -2.62. The summed E-state index contributed by atoms with van der Waals surface area (Å²) in [6.07, 6.45) is 5.02. The number of hydrogen-bond acceptors (Lipinski definition) is 3. The second kappa shape index (κ2) is 5.48. The van der Waals surface area contributed by atoms with Crippen LogP contribution in [-0.2, 0) is 4.74 Å². The largest absolute Gasteiger partial charge is 0.380 e. The molecule has 2 fully saturated rings. The first kappa shape index (κ1) is 12.3. The Morgan fingerprint density at radius 1 is 1.38 bits per heavy atom. The molecule has 2 saturated heterocycles. The first-order chi connectivity index (χ1) is 7.79. The second-order valence-electron chi connectivity index (χ2n) is 5.26. The molecule has 94 valence electrons. The molecule has 3 heteroatoms. The lowest BCUT2D eigenvalue weighted by Gasteiger charge is -2.46. The molecule has 2 rings (SSSR count). The molecule has 2 heterocycles. The lowest BCUT2D eigenvalue weighted by atomic mass is 9.89. The van der Waals surface area contributed by atoms with Gasteiger partial charge < -0.3 is 10.1 Å². The summed E-state index contributed by atoms with van der Waals surface area (Å²) in [6.45, 7) is 10.1. The minimum atomic E-state index is 0.357. The Balaban J connectivity index is 1.94. The summed E-state index contributed by atoms with van der Waals surface area (Å²) in [6, 6.07) is 0.674. The highest BCUT2D eigenvalue weighted by Crippen LogP contribution is 2.23. The predicted octanol–water partition coefficient (Wildman–Crippen LogP) is 1.63. The molecule has 16 heavy (non-hydrogen) atoms. The highest BCUT2D eigenvalue weighted by atomic mass is 16.5. The van der Waals surface area contributed by atoms with Crippen LogP contribution in [0.25, 0.3) is 0 Å². The summed E-state index contributed by atoms with van der Waals surface area (Å²) in [4.78, 5) is 2.66. The van der Waals surface area contributed by atoms with Gasteiger partial charge in [-0.1, -0.05) is 13.8 Å². The van der Waals surface area contributed by atoms with Crippen LogP contribution in [0.5, 0.6) is 0 Å². The van der Waals surface area contributed by atoms with Crippen LogP contribution in [-0.4, -0.2) is 49.3 Å². The summed E-state index contributed by atoms with van der Waals surface area (Å²) in [5.74, 6) is 0. The van der Waals surface area contributed by atoms with Gasteiger partial charge in [-0.05, 0) is 25.7 Å². The van der Waals surface area contributed by atoms with E-state index in [1.165, 1.54) is 38.8 Å². The zero-order valence-electron chi connectivity index (χ0n) is 10.8. The van der Waals surface area contributed by atoms with Crippen molar-refractivity contribution in [3.05, 3.63) is 0 Å². The van der Waals surface area contributed by atoms with Crippen LogP contribution in [0.1, 0.15) is 39.5 Å². The van der Waals surface area contributed by atoms with Crippen molar-refractivity contribution in [3.8, 4) is 0 Å².